The molecule has 0 aliphatic carbocycles. The van der Waals surface area contributed by atoms with Crippen LogP contribution in [0.25, 0.3) is 71.4 Å². The lowest BCUT2D eigenvalue weighted by molar-refractivity contribution is 0.633. The average molecular weight is 514 g/mol. The quantitative estimate of drug-likeness (QED) is 0.235. The van der Waals surface area contributed by atoms with Gasteiger partial charge in [0.15, 0.2) is 11.2 Å². The van der Waals surface area contributed by atoms with Crippen LogP contribution in [0.15, 0.2) is 136 Å². The molecule has 0 aliphatic heterocycles. The summed E-state index contributed by atoms with van der Waals surface area (Å²) in [5, 5.41) is 6.86. The topological polar surface area (TPSA) is 31.2 Å². The van der Waals surface area contributed by atoms with E-state index < -0.39 is 0 Å². The molecule has 0 bridgehead atoms. The van der Waals surface area contributed by atoms with Crippen LogP contribution in [0.1, 0.15) is 11.1 Å². The molecule has 3 nitrogen and oxygen atoms in total. The Balaban J connectivity index is 1.24. The minimum Gasteiger partial charge on any atom is -0.452 e. The Labute approximate surface area is 229 Å². The Bertz CT molecular complexity index is 2350. The summed E-state index contributed by atoms with van der Waals surface area (Å²) in [6, 6.07) is 45.1. The Morgan fingerprint density at radius 1 is 0.425 bits per heavy atom. The largest absolute Gasteiger partial charge is 0.452 e. The molecule has 0 spiro atoms. The second-order valence-corrected chi connectivity index (χ2v) is 10.6. The van der Waals surface area contributed by atoms with Gasteiger partial charge in [0.25, 0.3) is 0 Å². The predicted octanol–water partition coefficient (Wildman–Crippen LogP) is 10.2. The summed E-state index contributed by atoms with van der Waals surface area (Å²) in [5.41, 5.74) is 9.41. The number of rotatable bonds is 3. The number of aromatic nitrogens is 1. The molecular weight excluding hydrogens is 490 g/mol. The van der Waals surface area contributed by atoms with Crippen LogP contribution >= 0.6 is 0 Å². The summed E-state index contributed by atoms with van der Waals surface area (Å²) >= 11 is 0. The highest BCUT2D eigenvalue weighted by atomic mass is 16.4. The molecule has 0 fully saturated rings. The van der Waals surface area contributed by atoms with Crippen molar-refractivity contribution in [1.82, 2.24) is 4.57 Å². The van der Waals surface area contributed by atoms with Crippen LogP contribution in [0.2, 0.25) is 0 Å². The second kappa shape index (κ2) is 8.11. The molecule has 0 saturated heterocycles. The first kappa shape index (κ1) is 21.6. The highest BCUT2D eigenvalue weighted by molar-refractivity contribution is 6.19. The normalized spacial score (nSPS) is 12.1. The molecule has 3 heteroatoms. The van der Waals surface area contributed by atoms with Crippen molar-refractivity contribution in [3.8, 4) is 5.69 Å². The molecule has 9 rings (SSSR count). The minimum absolute atomic E-state index is 0.799. The molecule has 40 heavy (non-hydrogen) atoms. The number of hydrogen-bond acceptors (Lipinski definition) is 2. The Morgan fingerprint density at radius 3 is 1.68 bits per heavy atom. The van der Waals surface area contributed by atoms with E-state index in [1.54, 1.807) is 0 Å². The zero-order valence-electron chi connectivity index (χ0n) is 21.6. The smallest absolute Gasteiger partial charge is 0.178 e. The van der Waals surface area contributed by atoms with Gasteiger partial charge in [0.05, 0.1) is 11.0 Å². The monoisotopic (exact) mass is 513 g/mol. The van der Waals surface area contributed by atoms with Crippen LogP contribution in [0.3, 0.4) is 0 Å². The van der Waals surface area contributed by atoms with Gasteiger partial charge in [-0.05, 0) is 72.1 Å². The molecule has 0 radical (unpaired) electrons. The molecule has 188 valence electrons. The van der Waals surface area contributed by atoms with Gasteiger partial charge in [-0.25, -0.2) is 0 Å². The van der Waals surface area contributed by atoms with Crippen molar-refractivity contribution < 1.29 is 8.83 Å². The van der Waals surface area contributed by atoms with E-state index in [2.05, 4.69) is 132 Å². The first-order valence-electron chi connectivity index (χ1n) is 13.6. The van der Waals surface area contributed by atoms with E-state index in [4.69, 9.17) is 8.83 Å². The number of hydrogen-bond donors (Lipinski definition) is 0. The third-order valence-electron chi connectivity index (χ3n) is 8.21. The highest BCUT2D eigenvalue weighted by Gasteiger charge is 2.18. The number of para-hydroxylation sites is 2. The van der Waals surface area contributed by atoms with Crippen molar-refractivity contribution in [3.05, 3.63) is 139 Å². The molecule has 0 amide bonds. The lowest BCUT2D eigenvalue weighted by Crippen LogP contribution is -1.93. The standard InChI is InChI=1S/C37H23NO2/c1-2-8-23(9-3-1)20-24-14-18-34-30(21-24)28-16-17-29-31-22-25(15-19-35(31)40-37(29)36(28)39-34)38-32-12-6-4-10-26(32)27-11-5-7-13-33(27)38/h1-19,21-22H,20H2. The van der Waals surface area contributed by atoms with Crippen LogP contribution in [0.5, 0.6) is 0 Å². The van der Waals surface area contributed by atoms with Crippen LogP contribution in [0.4, 0.5) is 0 Å². The van der Waals surface area contributed by atoms with Crippen LogP contribution in [-0.4, -0.2) is 4.57 Å². The molecule has 3 aromatic heterocycles. The third kappa shape index (κ3) is 3.06. The van der Waals surface area contributed by atoms with Gasteiger partial charge >= 0.3 is 0 Å². The van der Waals surface area contributed by atoms with Crippen molar-refractivity contribution in [2.45, 2.75) is 6.42 Å². The van der Waals surface area contributed by atoms with E-state index in [0.717, 1.165) is 56.0 Å². The van der Waals surface area contributed by atoms with Crippen molar-refractivity contribution in [2.75, 3.05) is 0 Å². The summed E-state index contributed by atoms with van der Waals surface area (Å²) in [6.07, 6.45) is 0.891. The molecular formula is C37H23NO2. The van der Waals surface area contributed by atoms with Gasteiger partial charge in [-0.3, -0.25) is 0 Å². The molecule has 0 atom stereocenters. The van der Waals surface area contributed by atoms with Gasteiger partial charge in [0.2, 0.25) is 0 Å². The maximum absolute atomic E-state index is 6.47. The summed E-state index contributed by atoms with van der Waals surface area (Å²) in [7, 11) is 0. The first-order chi connectivity index (χ1) is 19.8. The van der Waals surface area contributed by atoms with Crippen molar-refractivity contribution in [2.24, 2.45) is 0 Å². The van der Waals surface area contributed by atoms with Gasteiger partial charge in [-0.1, -0.05) is 72.8 Å². The fourth-order valence-electron chi connectivity index (χ4n) is 6.38. The van der Waals surface area contributed by atoms with Gasteiger partial charge in [0, 0.05) is 38.0 Å². The summed E-state index contributed by atoms with van der Waals surface area (Å²) in [6.45, 7) is 0. The molecule has 9 aromatic rings. The molecule has 0 N–H and O–H groups in total. The number of nitrogens with zero attached hydrogens (tertiary/aromatic N) is 1. The second-order valence-electron chi connectivity index (χ2n) is 10.6. The van der Waals surface area contributed by atoms with E-state index >= 15 is 0 Å². The Kier molecular flexibility index (Phi) is 4.39. The maximum atomic E-state index is 6.47. The molecule has 3 heterocycles. The Morgan fingerprint density at radius 2 is 1.00 bits per heavy atom. The van der Waals surface area contributed by atoms with E-state index in [-0.39, 0.29) is 0 Å². The number of benzene rings is 6. The zero-order valence-corrected chi connectivity index (χ0v) is 21.6. The predicted molar refractivity (Wildman–Crippen MR) is 165 cm³/mol. The summed E-state index contributed by atoms with van der Waals surface area (Å²) in [4.78, 5) is 0. The van der Waals surface area contributed by atoms with E-state index in [0.29, 0.717) is 0 Å². The third-order valence-corrected chi connectivity index (χ3v) is 8.21. The number of fused-ring (bicyclic) bond motifs is 10. The van der Waals surface area contributed by atoms with Gasteiger partial charge in [-0.15, -0.1) is 0 Å². The van der Waals surface area contributed by atoms with E-state index in [1.165, 1.54) is 32.9 Å². The zero-order chi connectivity index (χ0) is 26.2. The maximum Gasteiger partial charge on any atom is 0.178 e. The SMILES string of the molecule is c1ccc(Cc2ccc3oc4c(ccc5c6cc(-n7c8ccccc8c8ccccc87)ccc6oc54)c3c2)cc1. The Hall–Kier alpha value is -5.28. The van der Waals surface area contributed by atoms with E-state index in [9.17, 15) is 0 Å². The van der Waals surface area contributed by atoms with Gasteiger partial charge < -0.3 is 13.4 Å². The van der Waals surface area contributed by atoms with Crippen LogP contribution in [0, 0.1) is 0 Å². The van der Waals surface area contributed by atoms with Gasteiger partial charge in [-0.2, -0.15) is 0 Å². The lowest BCUT2D eigenvalue weighted by Gasteiger charge is -2.07. The number of furan rings is 2. The van der Waals surface area contributed by atoms with Crippen molar-refractivity contribution >= 4 is 65.7 Å². The van der Waals surface area contributed by atoms with Gasteiger partial charge in [0.1, 0.15) is 11.2 Å². The fourth-order valence-corrected chi connectivity index (χ4v) is 6.38. The molecule has 0 unspecified atom stereocenters. The minimum atomic E-state index is 0.799. The first-order valence-corrected chi connectivity index (χ1v) is 13.6. The molecule has 0 aliphatic rings. The van der Waals surface area contributed by atoms with Crippen molar-refractivity contribution in [1.29, 1.82) is 0 Å². The van der Waals surface area contributed by atoms with Crippen molar-refractivity contribution in [3.63, 3.8) is 0 Å². The van der Waals surface area contributed by atoms with Crippen LogP contribution in [-0.2, 0) is 6.42 Å². The molecule has 0 saturated carbocycles. The lowest BCUT2D eigenvalue weighted by atomic mass is 10.0. The summed E-state index contributed by atoms with van der Waals surface area (Å²) in [5.74, 6) is 0. The molecule has 6 aromatic carbocycles. The average Bonchev–Trinajstić information content (AvgIpc) is 3.67. The van der Waals surface area contributed by atoms with E-state index in [1.807, 2.05) is 0 Å². The summed E-state index contributed by atoms with van der Waals surface area (Å²) < 4.78 is 15.2. The fraction of sp³-hybridized carbons (Fsp3) is 0.0270. The van der Waals surface area contributed by atoms with Crippen LogP contribution < -0.4 is 0 Å². The highest BCUT2D eigenvalue weighted by Crippen LogP contribution is 2.40.